The van der Waals surface area contributed by atoms with Crippen LogP contribution in [-0.2, 0) is 4.79 Å². The molecule has 1 aromatic heterocycles. The molecule has 0 saturated carbocycles. The fourth-order valence-electron chi connectivity index (χ4n) is 3.49. The van der Waals surface area contributed by atoms with Crippen molar-refractivity contribution in [3.8, 4) is 0 Å². The van der Waals surface area contributed by atoms with Crippen molar-refractivity contribution in [2.45, 2.75) is 32.1 Å². The molecule has 0 spiro atoms. The number of hydrogen-bond acceptors (Lipinski definition) is 5. The van der Waals surface area contributed by atoms with E-state index in [9.17, 15) is 14.9 Å². The summed E-state index contributed by atoms with van der Waals surface area (Å²) in [7, 11) is 0. The van der Waals surface area contributed by atoms with Gasteiger partial charge in [-0.3, -0.25) is 14.9 Å². The summed E-state index contributed by atoms with van der Waals surface area (Å²) in [6, 6.07) is 3.06. The molecule has 23 heavy (non-hydrogen) atoms. The van der Waals surface area contributed by atoms with E-state index in [0.717, 1.165) is 38.8 Å². The lowest BCUT2D eigenvalue weighted by atomic mass is 9.94. The fraction of sp³-hybridized carbons (Fsp3) is 0.625. The molecule has 0 aromatic carbocycles. The Morgan fingerprint density at radius 1 is 1.17 bits per heavy atom. The van der Waals surface area contributed by atoms with E-state index >= 15 is 0 Å². The van der Waals surface area contributed by atoms with Gasteiger partial charge in [-0.25, -0.2) is 4.98 Å². The number of hydrogen-bond donors (Lipinski definition) is 0. The van der Waals surface area contributed by atoms with Crippen molar-refractivity contribution in [2.24, 2.45) is 5.92 Å². The van der Waals surface area contributed by atoms with Gasteiger partial charge in [0.2, 0.25) is 11.7 Å². The first-order valence-electron chi connectivity index (χ1n) is 8.30. The van der Waals surface area contributed by atoms with E-state index in [4.69, 9.17) is 0 Å². The van der Waals surface area contributed by atoms with Crippen molar-refractivity contribution < 1.29 is 9.72 Å². The molecule has 2 aliphatic rings. The van der Waals surface area contributed by atoms with Crippen LogP contribution in [0.1, 0.15) is 32.1 Å². The maximum atomic E-state index is 12.6. The zero-order valence-electron chi connectivity index (χ0n) is 13.2. The van der Waals surface area contributed by atoms with Crippen molar-refractivity contribution in [2.75, 3.05) is 31.1 Å². The molecule has 1 amide bonds. The molecule has 0 atom stereocenters. The van der Waals surface area contributed by atoms with Gasteiger partial charge < -0.3 is 9.80 Å². The molecule has 0 radical (unpaired) electrons. The van der Waals surface area contributed by atoms with Crippen LogP contribution in [0.5, 0.6) is 0 Å². The minimum Gasteiger partial charge on any atom is -0.351 e. The van der Waals surface area contributed by atoms with Crippen molar-refractivity contribution in [1.82, 2.24) is 9.88 Å². The number of pyridine rings is 1. The smallest absolute Gasteiger partial charge is 0.311 e. The Balaban J connectivity index is 1.62. The zero-order valence-corrected chi connectivity index (χ0v) is 13.2. The van der Waals surface area contributed by atoms with E-state index in [1.165, 1.54) is 12.5 Å². The average Bonchev–Trinajstić information content (AvgIpc) is 2.62. The molecular formula is C16H22N4O3. The molecule has 0 N–H and O–H groups in total. The number of anilines is 1. The summed E-state index contributed by atoms with van der Waals surface area (Å²) >= 11 is 0. The van der Waals surface area contributed by atoms with Gasteiger partial charge in [0.1, 0.15) is 0 Å². The Kier molecular flexibility index (Phi) is 4.73. The van der Waals surface area contributed by atoms with Gasteiger partial charge in [0.15, 0.2) is 0 Å². The lowest BCUT2D eigenvalue weighted by Crippen LogP contribution is -2.44. The highest BCUT2D eigenvalue weighted by Gasteiger charge is 2.31. The SMILES string of the molecule is O=C(C1CCN(c2ncccc2[N+](=O)[O-])CC1)N1CCCCC1. The van der Waals surface area contributed by atoms with Gasteiger partial charge in [-0.1, -0.05) is 0 Å². The average molecular weight is 318 g/mol. The summed E-state index contributed by atoms with van der Waals surface area (Å²) in [4.78, 5) is 31.4. The highest BCUT2D eigenvalue weighted by molar-refractivity contribution is 5.79. The molecule has 124 valence electrons. The Morgan fingerprint density at radius 2 is 1.87 bits per heavy atom. The van der Waals surface area contributed by atoms with Crippen molar-refractivity contribution >= 4 is 17.4 Å². The maximum Gasteiger partial charge on any atom is 0.311 e. The quantitative estimate of drug-likeness (QED) is 0.630. The third-order valence-electron chi connectivity index (χ3n) is 4.77. The fourth-order valence-corrected chi connectivity index (χ4v) is 3.49. The highest BCUT2D eigenvalue weighted by atomic mass is 16.6. The molecule has 0 bridgehead atoms. The van der Waals surface area contributed by atoms with E-state index < -0.39 is 4.92 Å². The molecule has 2 saturated heterocycles. The minimum atomic E-state index is -0.396. The third-order valence-corrected chi connectivity index (χ3v) is 4.77. The number of nitrogens with zero attached hydrogens (tertiary/aromatic N) is 4. The number of amides is 1. The van der Waals surface area contributed by atoms with Crippen molar-refractivity contribution in [1.29, 1.82) is 0 Å². The molecule has 2 fully saturated rings. The second-order valence-corrected chi connectivity index (χ2v) is 6.25. The van der Waals surface area contributed by atoms with E-state index in [1.807, 2.05) is 9.80 Å². The molecule has 3 rings (SSSR count). The first-order valence-corrected chi connectivity index (χ1v) is 8.30. The standard InChI is InChI=1S/C16H22N4O3/c21-16(19-9-2-1-3-10-19)13-6-11-18(12-7-13)15-14(20(22)23)5-4-8-17-15/h4-5,8,13H,1-3,6-7,9-12H2. The topological polar surface area (TPSA) is 79.6 Å². The van der Waals surface area contributed by atoms with Crippen LogP contribution in [0.4, 0.5) is 11.5 Å². The Labute approximate surface area is 135 Å². The van der Waals surface area contributed by atoms with Gasteiger partial charge in [-0.05, 0) is 38.2 Å². The Hall–Kier alpha value is -2.18. The van der Waals surface area contributed by atoms with Crippen LogP contribution in [0.2, 0.25) is 0 Å². The Bertz CT molecular complexity index is 578. The maximum absolute atomic E-state index is 12.6. The van der Waals surface area contributed by atoms with Gasteiger partial charge in [0.05, 0.1) is 4.92 Å². The predicted octanol–water partition coefficient (Wildman–Crippen LogP) is 2.22. The summed E-state index contributed by atoms with van der Waals surface area (Å²) in [5.74, 6) is 0.730. The monoisotopic (exact) mass is 318 g/mol. The number of rotatable bonds is 3. The normalized spacial score (nSPS) is 19.7. The predicted molar refractivity (Wildman–Crippen MR) is 86.3 cm³/mol. The summed E-state index contributed by atoms with van der Waals surface area (Å²) in [5, 5.41) is 11.1. The molecule has 7 heteroatoms. The van der Waals surface area contributed by atoms with Crippen molar-refractivity contribution in [3.05, 3.63) is 28.4 Å². The summed E-state index contributed by atoms with van der Waals surface area (Å²) in [5.41, 5.74) is 0.0355. The number of nitro groups is 1. The van der Waals surface area contributed by atoms with Crippen LogP contribution >= 0.6 is 0 Å². The lowest BCUT2D eigenvalue weighted by Gasteiger charge is -2.35. The molecule has 1 aromatic rings. The van der Waals surface area contributed by atoms with Crippen LogP contribution in [0.25, 0.3) is 0 Å². The van der Waals surface area contributed by atoms with E-state index in [0.29, 0.717) is 18.9 Å². The number of carbonyl (C=O) groups excluding carboxylic acids is 1. The summed E-state index contributed by atoms with van der Waals surface area (Å²) in [6.07, 6.45) is 6.47. The van der Waals surface area contributed by atoms with Gasteiger partial charge in [0, 0.05) is 44.4 Å². The molecular weight excluding hydrogens is 296 g/mol. The second-order valence-electron chi connectivity index (χ2n) is 6.25. The molecule has 3 heterocycles. The lowest BCUT2D eigenvalue weighted by molar-refractivity contribution is -0.384. The van der Waals surface area contributed by atoms with E-state index in [2.05, 4.69) is 4.98 Å². The van der Waals surface area contributed by atoms with E-state index in [-0.39, 0.29) is 17.5 Å². The number of piperidine rings is 2. The molecule has 0 unspecified atom stereocenters. The minimum absolute atomic E-state index is 0.0355. The van der Waals surface area contributed by atoms with Crippen LogP contribution in [-0.4, -0.2) is 46.9 Å². The zero-order chi connectivity index (χ0) is 16.2. The first-order chi connectivity index (χ1) is 11.2. The van der Waals surface area contributed by atoms with Gasteiger partial charge in [0.25, 0.3) is 0 Å². The highest BCUT2D eigenvalue weighted by Crippen LogP contribution is 2.30. The van der Waals surface area contributed by atoms with Crippen LogP contribution in [0.3, 0.4) is 0 Å². The van der Waals surface area contributed by atoms with Crippen molar-refractivity contribution in [3.63, 3.8) is 0 Å². The van der Waals surface area contributed by atoms with Crippen LogP contribution in [0.15, 0.2) is 18.3 Å². The molecule has 7 nitrogen and oxygen atoms in total. The second kappa shape index (κ2) is 6.93. The molecule has 0 aliphatic carbocycles. The number of aromatic nitrogens is 1. The van der Waals surface area contributed by atoms with Gasteiger partial charge >= 0.3 is 5.69 Å². The number of likely N-dealkylation sites (tertiary alicyclic amines) is 1. The third kappa shape index (κ3) is 3.43. The molecule has 2 aliphatic heterocycles. The van der Waals surface area contributed by atoms with E-state index in [1.54, 1.807) is 12.3 Å². The summed E-state index contributed by atoms with van der Waals surface area (Å²) in [6.45, 7) is 3.04. The number of carbonyl (C=O) groups is 1. The Morgan fingerprint density at radius 3 is 2.52 bits per heavy atom. The summed E-state index contributed by atoms with van der Waals surface area (Å²) < 4.78 is 0. The largest absolute Gasteiger partial charge is 0.351 e. The van der Waals surface area contributed by atoms with Crippen LogP contribution in [0, 0.1) is 16.0 Å². The van der Waals surface area contributed by atoms with Gasteiger partial charge in [-0.2, -0.15) is 0 Å². The van der Waals surface area contributed by atoms with Crippen LogP contribution < -0.4 is 4.90 Å². The first kappa shape index (κ1) is 15.7. The van der Waals surface area contributed by atoms with Gasteiger partial charge in [-0.15, -0.1) is 0 Å².